The van der Waals surface area contributed by atoms with Gasteiger partial charge in [-0.3, -0.25) is 4.98 Å². The van der Waals surface area contributed by atoms with E-state index in [9.17, 15) is 0 Å². The first-order valence-electron chi connectivity index (χ1n) is 6.80. The lowest BCUT2D eigenvalue weighted by molar-refractivity contribution is 0.322. The van der Waals surface area contributed by atoms with Gasteiger partial charge in [-0.25, -0.2) is 9.67 Å². The van der Waals surface area contributed by atoms with Crippen molar-refractivity contribution in [1.82, 2.24) is 19.7 Å². The zero-order valence-electron chi connectivity index (χ0n) is 12.2. The Bertz CT molecular complexity index is 872. The van der Waals surface area contributed by atoms with Crippen molar-refractivity contribution < 1.29 is 5.21 Å². The monoisotopic (exact) mass is 359 g/mol. The molecule has 0 amide bonds. The lowest BCUT2D eigenvalue weighted by Gasteiger charge is -2.11. The molecule has 0 fully saturated rings. The van der Waals surface area contributed by atoms with Gasteiger partial charge in [0, 0.05) is 51.2 Å². The smallest absolute Gasteiger partial charge is 0.158 e. The van der Waals surface area contributed by atoms with Crippen LogP contribution < -0.4 is 0 Å². The fraction of sp³-hybridized carbons (Fsp3) is 0.200. The molecular weight excluding hydrogens is 346 g/mol. The Kier molecular flexibility index (Phi) is 3.89. The highest BCUT2D eigenvalue weighted by atomic mass is 79.9. The molecule has 0 saturated carbocycles. The van der Waals surface area contributed by atoms with Crippen LogP contribution >= 0.6 is 15.9 Å². The van der Waals surface area contributed by atoms with Crippen LogP contribution in [-0.4, -0.2) is 31.2 Å². The van der Waals surface area contributed by atoms with Gasteiger partial charge in [-0.1, -0.05) is 5.16 Å². The van der Waals surface area contributed by atoms with Crippen LogP contribution in [0.15, 0.2) is 34.3 Å². The predicted molar refractivity (Wildman–Crippen MR) is 88.3 cm³/mol. The first-order chi connectivity index (χ1) is 10.7. The molecule has 0 unspecified atom stereocenters. The van der Waals surface area contributed by atoms with E-state index in [2.05, 4.69) is 36.2 Å². The van der Waals surface area contributed by atoms with Crippen molar-refractivity contribution >= 4 is 33.2 Å². The van der Waals surface area contributed by atoms with E-state index in [1.54, 1.807) is 18.6 Å². The van der Waals surface area contributed by atoms with Crippen molar-refractivity contribution in [3.63, 3.8) is 0 Å². The first-order valence-corrected chi connectivity index (χ1v) is 7.59. The van der Waals surface area contributed by atoms with E-state index >= 15 is 0 Å². The zero-order valence-corrected chi connectivity index (χ0v) is 13.7. The number of aryl methyl sites for hydroxylation is 2. The second-order valence-electron chi connectivity index (χ2n) is 4.82. The Hall–Kier alpha value is -2.28. The highest BCUT2D eigenvalue weighted by Gasteiger charge is 2.17. The number of halogens is 1. The van der Waals surface area contributed by atoms with Crippen LogP contribution in [-0.2, 0) is 6.54 Å². The molecule has 0 bridgehead atoms. The number of rotatable bonds is 3. The van der Waals surface area contributed by atoms with Gasteiger partial charge in [0.25, 0.3) is 0 Å². The predicted octanol–water partition coefficient (Wildman–Crippen LogP) is 3.39. The van der Waals surface area contributed by atoms with E-state index in [0.717, 1.165) is 44.4 Å². The van der Waals surface area contributed by atoms with Crippen LogP contribution in [0.25, 0.3) is 22.2 Å². The summed E-state index contributed by atoms with van der Waals surface area (Å²) >= 11 is 3.44. The molecule has 0 aliphatic heterocycles. The first kappa shape index (κ1) is 14.6. The molecule has 0 aromatic carbocycles. The largest absolute Gasteiger partial charge is 0.411 e. The Labute approximate surface area is 135 Å². The van der Waals surface area contributed by atoms with Crippen molar-refractivity contribution in [2.75, 3.05) is 0 Å². The summed E-state index contributed by atoms with van der Waals surface area (Å²) in [6, 6.07) is 1.97. The topological polar surface area (TPSA) is 76.2 Å². The van der Waals surface area contributed by atoms with Crippen LogP contribution in [0.1, 0.15) is 18.2 Å². The van der Waals surface area contributed by atoms with E-state index in [1.165, 1.54) is 6.21 Å². The van der Waals surface area contributed by atoms with Gasteiger partial charge in [-0.05, 0) is 35.8 Å². The molecule has 3 heterocycles. The molecule has 6 nitrogen and oxygen atoms in total. The van der Waals surface area contributed by atoms with Crippen molar-refractivity contribution in [2.24, 2.45) is 5.16 Å². The third-order valence-corrected chi connectivity index (χ3v) is 3.93. The fourth-order valence-electron chi connectivity index (χ4n) is 2.52. The molecule has 3 rings (SSSR count). The standard InChI is InChI=1S/C15H14BrN5O/c1-3-21-15-13(7-18-21)14(10-4-11(16)6-17-5-10)12(8-19-22)9(2)20-15/h4-8,22H,3H2,1-2H3/b19-8+. The zero-order chi connectivity index (χ0) is 15.7. The third-order valence-electron chi connectivity index (χ3n) is 3.49. The number of hydrogen-bond acceptors (Lipinski definition) is 5. The lowest BCUT2D eigenvalue weighted by atomic mass is 9.98. The van der Waals surface area contributed by atoms with Gasteiger partial charge < -0.3 is 5.21 Å². The quantitative estimate of drug-likeness (QED) is 0.441. The van der Waals surface area contributed by atoms with Crippen molar-refractivity contribution in [3.8, 4) is 11.1 Å². The van der Waals surface area contributed by atoms with Gasteiger partial charge in [0.05, 0.1) is 12.4 Å². The minimum atomic E-state index is 0.736. The summed E-state index contributed by atoms with van der Waals surface area (Å²) < 4.78 is 2.72. The molecule has 0 atom stereocenters. The van der Waals surface area contributed by atoms with Gasteiger partial charge in [0.2, 0.25) is 0 Å². The van der Waals surface area contributed by atoms with Crippen molar-refractivity contribution in [2.45, 2.75) is 20.4 Å². The minimum Gasteiger partial charge on any atom is -0.411 e. The van der Waals surface area contributed by atoms with Crippen LogP contribution in [0.4, 0.5) is 0 Å². The number of aromatic nitrogens is 4. The Morgan fingerprint density at radius 3 is 2.86 bits per heavy atom. The molecule has 0 spiro atoms. The molecule has 1 N–H and O–H groups in total. The van der Waals surface area contributed by atoms with E-state index in [0.29, 0.717) is 0 Å². The third kappa shape index (κ3) is 2.37. The fourth-order valence-corrected chi connectivity index (χ4v) is 2.89. The van der Waals surface area contributed by atoms with Crippen molar-refractivity contribution in [1.29, 1.82) is 0 Å². The molecule has 0 aliphatic rings. The van der Waals surface area contributed by atoms with E-state index in [1.807, 2.05) is 24.6 Å². The van der Waals surface area contributed by atoms with Crippen LogP contribution in [0.3, 0.4) is 0 Å². The molecule has 0 radical (unpaired) electrons. The van der Waals surface area contributed by atoms with Crippen LogP contribution in [0, 0.1) is 6.92 Å². The SMILES string of the molecule is CCn1ncc2c(-c3cncc(Br)c3)c(/C=N/O)c(C)nc21. The molecule has 0 aliphatic carbocycles. The summed E-state index contributed by atoms with van der Waals surface area (Å²) in [4.78, 5) is 8.82. The molecule has 0 saturated heterocycles. The number of oxime groups is 1. The maximum atomic E-state index is 8.99. The second-order valence-corrected chi connectivity index (χ2v) is 5.74. The van der Waals surface area contributed by atoms with Gasteiger partial charge in [-0.15, -0.1) is 0 Å². The summed E-state index contributed by atoms with van der Waals surface area (Å²) in [5.74, 6) is 0. The average Bonchev–Trinajstić information content (AvgIpc) is 2.90. The molecule has 7 heteroatoms. The normalized spacial score (nSPS) is 11.6. The second kappa shape index (κ2) is 5.84. The highest BCUT2D eigenvalue weighted by molar-refractivity contribution is 9.10. The number of nitrogens with zero attached hydrogens (tertiary/aromatic N) is 5. The molecule has 3 aromatic heterocycles. The Morgan fingerprint density at radius 1 is 1.36 bits per heavy atom. The Balaban J connectivity index is 2.43. The lowest BCUT2D eigenvalue weighted by Crippen LogP contribution is -2.02. The average molecular weight is 360 g/mol. The van der Waals surface area contributed by atoms with Crippen molar-refractivity contribution in [3.05, 3.63) is 40.4 Å². The van der Waals surface area contributed by atoms with Gasteiger partial charge in [-0.2, -0.15) is 5.10 Å². The van der Waals surface area contributed by atoms with Gasteiger partial charge in [0.1, 0.15) is 0 Å². The summed E-state index contributed by atoms with van der Waals surface area (Å²) in [6.07, 6.45) is 6.69. The summed E-state index contributed by atoms with van der Waals surface area (Å²) in [5.41, 5.74) is 4.16. The Morgan fingerprint density at radius 2 is 2.18 bits per heavy atom. The van der Waals surface area contributed by atoms with E-state index < -0.39 is 0 Å². The highest BCUT2D eigenvalue weighted by Crippen LogP contribution is 2.32. The summed E-state index contributed by atoms with van der Waals surface area (Å²) in [7, 11) is 0. The summed E-state index contributed by atoms with van der Waals surface area (Å²) in [5, 5.41) is 17.5. The minimum absolute atomic E-state index is 0.736. The van der Waals surface area contributed by atoms with Crippen LogP contribution in [0.5, 0.6) is 0 Å². The maximum absolute atomic E-state index is 8.99. The number of fused-ring (bicyclic) bond motifs is 1. The summed E-state index contributed by atoms with van der Waals surface area (Å²) in [6.45, 7) is 4.64. The molecule has 3 aromatic rings. The van der Waals surface area contributed by atoms with Crippen LogP contribution in [0.2, 0.25) is 0 Å². The molecular formula is C15H14BrN5O. The van der Waals surface area contributed by atoms with E-state index in [-0.39, 0.29) is 0 Å². The number of pyridine rings is 2. The van der Waals surface area contributed by atoms with Gasteiger partial charge >= 0.3 is 0 Å². The number of hydrogen-bond donors (Lipinski definition) is 1. The molecule has 22 heavy (non-hydrogen) atoms. The van der Waals surface area contributed by atoms with Gasteiger partial charge in [0.15, 0.2) is 5.65 Å². The maximum Gasteiger partial charge on any atom is 0.158 e. The van der Waals surface area contributed by atoms with E-state index in [4.69, 9.17) is 5.21 Å². The molecule has 112 valence electrons.